The summed E-state index contributed by atoms with van der Waals surface area (Å²) in [5.74, 6) is -0.712. The molecule has 2 aromatic carbocycles. The summed E-state index contributed by atoms with van der Waals surface area (Å²) in [6, 6.07) is 13.8. The van der Waals surface area contributed by atoms with Crippen molar-refractivity contribution in [2.75, 3.05) is 5.32 Å². The van der Waals surface area contributed by atoms with Gasteiger partial charge in [0.1, 0.15) is 5.75 Å². The third-order valence-electron chi connectivity index (χ3n) is 5.85. The number of benzene rings is 2. The number of aromatic nitrogens is 2. The van der Waals surface area contributed by atoms with Crippen LogP contribution in [0.1, 0.15) is 50.4 Å². The molecule has 3 aromatic rings. The van der Waals surface area contributed by atoms with Crippen molar-refractivity contribution in [2.45, 2.75) is 57.1 Å². The van der Waals surface area contributed by atoms with Gasteiger partial charge in [0, 0.05) is 28.9 Å². The minimum atomic E-state index is -4.77. The van der Waals surface area contributed by atoms with Crippen LogP contribution in [-0.4, -0.2) is 28.1 Å². The fourth-order valence-electron chi connectivity index (χ4n) is 4.14. The fraction of sp³-hybridized carbons (Fsp3) is 0.360. The molecule has 10 heteroatoms. The molecule has 0 bridgehead atoms. The Hall–Kier alpha value is -3.04. The number of amides is 1. The molecule has 0 saturated carbocycles. The molecule has 1 amide bonds. The minimum absolute atomic E-state index is 0.0712. The molecule has 0 unspecified atom stereocenters. The highest BCUT2D eigenvalue weighted by atomic mass is 35.5. The Labute approximate surface area is 206 Å². The number of nitrogens with zero attached hydrogens (tertiary/aromatic N) is 2. The topological polar surface area (TPSA) is 68.2 Å². The van der Waals surface area contributed by atoms with Crippen LogP contribution < -0.4 is 15.4 Å². The van der Waals surface area contributed by atoms with Crippen LogP contribution in [0.5, 0.6) is 5.75 Å². The quantitative estimate of drug-likeness (QED) is 0.444. The number of anilines is 1. The Bertz CT molecular complexity index is 1170. The summed E-state index contributed by atoms with van der Waals surface area (Å²) in [7, 11) is 0. The lowest BCUT2D eigenvalue weighted by Crippen LogP contribution is -2.36. The smallest absolute Gasteiger partial charge is 0.406 e. The van der Waals surface area contributed by atoms with Gasteiger partial charge in [0.15, 0.2) is 0 Å². The van der Waals surface area contributed by atoms with Gasteiger partial charge in [0.05, 0.1) is 17.3 Å². The highest BCUT2D eigenvalue weighted by molar-refractivity contribution is 6.30. The van der Waals surface area contributed by atoms with Gasteiger partial charge in [-0.2, -0.15) is 5.10 Å². The molecule has 2 heterocycles. The van der Waals surface area contributed by atoms with Gasteiger partial charge in [0.25, 0.3) is 0 Å². The van der Waals surface area contributed by atoms with Crippen LogP contribution in [0.15, 0.2) is 60.8 Å². The highest BCUT2D eigenvalue weighted by Gasteiger charge is 2.40. The maximum Gasteiger partial charge on any atom is 0.573 e. The van der Waals surface area contributed by atoms with Gasteiger partial charge in [0.2, 0.25) is 5.91 Å². The number of rotatable bonds is 5. The zero-order valence-corrected chi connectivity index (χ0v) is 20.2. The lowest BCUT2D eigenvalue weighted by molar-refractivity contribution is -0.274. The summed E-state index contributed by atoms with van der Waals surface area (Å²) in [6.45, 7) is 6.19. The first-order valence-electron chi connectivity index (χ1n) is 11.1. The first kappa shape index (κ1) is 25.1. The van der Waals surface area contributed by atoms with E-state index in [0.29, 0.717) is 17.1 Å². The number of nitrogens with one attached hydrogen (secondary N) is 2. The van der Waals surface area contributed by atoms with Crippen molar-refractivity contribution in [3.63, 3.8) is 0 Å². The summed E-state index contributed by atoms with van der Waals surface area (Å²) in [4.78, 5) is 13.1. The van der Waals surface area contributed by atoms with E-state index < -0.39 is 12.4 Å². The number of carbonyl (C=O) groups is 1. The van der Waals surface area contributed by atoms with Crippen molar-refractivity contribution in [2.24, 2.45) is 0 Å². The summed E-state index contributed by atoms with van der Waals surface area (Å²) in [5, 5.41) is 11.6. The molecule has 35 heavy (non-hydrogen) atoms. The number of hydrogen-bond acceptors (Lipinski definition) is 4. The number of halogens is 4. The van der Waals surface area contributed by atoms with E-state index in [1.54, 1.807) is 12.1 Å². The second-order valence-corrected chi connectivity index (χ2v) is 9.94. The lowest BCUT2D eigenvalue weighted by atomic mass is 9.90. The lowest BCUT2D eigenvalue weighted by Gasteiger charge is -2.21. The van der Waals surface area contributed by atoms with Crippen molar-refractivity contribution in [1.29, 1.82) is 0 Å². The van der Waals surface area contributed by atoms with E-state index in [4.69, 9.17) is 16.7 Å². The first-order chi connectivity index (χ1) is 16.4. The van der Waals surface area contributed by atoms with E-state index in [2.05, 4.69) is 36.1 Å². The second-order valence-electron chi connectivity index (χ2n) is 9.51. The average Bonchev–Trinajstić information content (AvgIpc) is 3.42. The van der Waals surface area contributed by atoms with E-state index in [0.717, 1.165) is 23.4 Å². The fourth-order valence-corrected chi connectivity index (χ4v) is 4.27. The van der Waals surface area contributed by atoms with E-state index in [1.165, 1.54) is 12.1 Å². The van der Waals surface area contributed by atoms with Gasteiger partial charge >= 0.3 is 6.36 Å². The maximum atomic E-state index is 13.1. The van der Waals surface area contributed by atoms with Crippen LogP contribution >= 0.6 is 11.6 Å². The van der Waals surface area contributed by atoms with Gasteiger partial charge in [-0.3, -0.25) is 14.8 Å². The first-order valence-corrected chi connectivity index (χ1v) is 11.5. The molecule has 3 atom stereocenters. The van der Waals surface area contributed by atoms with Gasteiger partial charge in [-0.25, -0.2) is 0 Å². The monoisotopic (exact) mass is 506 g/mol. The molecule has 0 radical (unpaired) electrons. The molecular weight excluding hydrogens is 481 g/mol. The molecule has 0 aliphatic carbocycles. The summed E-state index contributed by atoms with van der Waals surface area (Å²) in [6.07, 6.45) is -2.34. The van der Waals surface area contributed by atoms with Crippen LogP contribution in [0.25, 0.3) is 0 Å². The van der Waals surface area contributed by atoms with Crippen molar-refractivity contribution in [1.82, 2.24) is 15.1 Å². The molecule has 1 saturated heterocycles. The van der Waals surface area contributed by atoms with E-state index in [1.807, 2.05) is 29.1 Å². The van der Waals surface area contributed by atoms with Crippen LogP contribution in [0.4, 0.5) is 18.9 Å². The summed E-state index contributed by atoms with van der Waals surface area (Å²) < 4.78 is 42.9. The van der Waals surface area contributed by atoms with E-state index in [-0.39, 0.29) is 29.2 Å². The van der Waals surface area contributed by atoms with Crippen molar-refractivity contribution < 1.29 is 22.7 Å². The normalized spacial score (nSPS) is 20.6. The van der Waals surface area contributed by atoms with Gasteiger partial charge < -0.3 is 10.1 Å². The SMILES string of the molecule is CC(C)(C)n1ccc([C@H]2C[C@@H](C(=O)Nc3ccc(OC(F)(F)F)cc3)N[C@H]2c2ccc(Cl)cc2)n1. The Balaban J connectivity index is 1.53. The highest BCUT2D eigenvalue weighted by Crippen LogP contribution is 2.40. The molecule has 1 aliphatic rings. The molecule has 6 nitrogen and oxygen atoms in total. The Morgan fingerprint density at radius 2 is 1.74 bits per heavy atom. The minimum Gasteiger partial charge on any atom is -0.406 e. The zero-order valence-electron chi connectivity index (χ0n) is 19.4. The van der Waals surface area contributed by atoms with Crippen LogP contribution in [-0.2, 0) is 10.3 Å². The van der Waals surface area contributed by atoms with Crippen LogP contribution in [0, 0.1) is 0 Å². The predicted octanol–water partition coefficient (Wildman–Crippen LogP) is 6.02. The van der Waals surface area contributed by atoms with Gasteiger partial charge in [-0.15, -0.1) is 13.2 Å². The predicted molar refractivity (Wildman–Crippen MR) is 127 cm³/mol. The maximum absolute atomic E-state index is 13.1. The van der Waals surface area contributed by atoms with Crippen molar-refractivity contribution in [3.05, 3.63) is 77.1 Å². The van der Waals surface area contributed by atoms with Crippen molar-refractivity contribution >= 4 is 23.2 Å². The van der Waals surface area contributed by atoms with E-state index >= 15 is 0 Å². The third-order valence-corrected chi connectivity index (χ3v) is 6.10. The number of carbonyl (C=O) groups excluding carboxylic acids is 1. The zero-order chi connectivity index (χ0) is 25.4. The number of hydrogen-bond donors (Lipinski definition) is 2. The van der Waals surface area contributed by atoms with Gasteiger partial charge in [-0.05, 0) is 75.2 Å². The summed E-state index contributed by atoms with van der Waals surface area (Å²) in [5.41, 5.74) is 2.04. The molecule has 1 aromatic heterocycles. The van der Waals surface area contributed by atoms with Crippen LogP contribution in [0.2, 0.25) is 5.02 Å². The molecule has 2 N–H and O–H groups in total. The molecule has 1 aliphatic heterocycles. The Morgan fingerprint density at radius 3 is 2.31 bits per heavy atom. The Morgan fingerprint density at radius 1 is 1.09 bits per heavy atom. The molecule has 186 valence electrons. The van der Waals surface area contributed by atoms with Crippen molar-refractivity contribution in [3.8, 4) is 5.75 Å². The second kappa shape index (κ2) is 9.54. The number of ether oxygens (including phenoxy) is 1. The molecule has 0 spiro atoms. The number of alkyl halides is 3. The third kappa shape index (κ3) is 6.15. The standard InChI is InChI=1S/C25H26ClF3N4O2/c1-24(2,3)33-13-12-20(32-33)19-14-21(31-22(19)15-4-6-16(26)7-5-15)23(34)30-17-8-10-18(11-9-17)35-25(27,28)29/h4-13,19,21-22,31H,14H2,1-3H3,(H,30,34)/t19-,21+,22+/m1/s1. The Kier molecular flexibility index (Phi) is 6.83. The summed E-state index contributed by atoms with van der Waals surface area (Å²) >= 11 is 6.07. The largest absolute Gasteiger partial charge is 0.573 e. The molecule has 4 rings (SSSR count). The van der Waals surface area contributed by atoms with E-state index in [9.17, 15) is 18.0 Å². The van der Waals surface area contributed by atoms with Crippen LogP contribution in [0.3, 0.4) is 0 Å². The van der Waals surface area contributed by atoms with Gasteiger partial charge in [-0.1, -0.05) is 23.7 Å². The average molecular weight is 507 g/mol. The molecule has 1 fully saturated rings. The molecular formula is C25H26ClF3N4O2.